The van der Waals surface area contributed by atoms with E-state index in [0.29, 0.717) is 18.8 Å². The molecule has 7 heteroatoms. The summed E-state index contributed by atoms with van der Waals surface area (Å²) in [7, 11) is 0. The predicted molar refractivity (Wildman–Crippen MR) is 90.7 cm³/mol. The minimum absolute atomic E-state index is 0.00587. The lowest BCUT2D eigenvalue weighted by atomic mass is 10.1. The van der Waals surface area contributed by atoms with Gasteiger partial charge >= 0.3 is 5.97 Å². The van der Waals surface area contributed by atoms with Crippen molar-refractivity contribution in [2.45, 2.75) is 31.5 Å². The van der Waals surface area contributed by atoms with E-state index in [0.717, 1.165) is 25.9 Å². The number of carbonyl (C=O) groups excluding carboxylic acids is 1. The fourth-order valence-electron chi connectivity index (χ4n) is 3.36. The van der Waals surface area contributed by atoms with E-state index >= 15 is 0 Å². The van der Waals surface area contributed by atoms with Gasteiger partial charge < -0.3 is 19.8 Å². The molecule has 3 rings (SSSR count). The number of amides is 1. The van der Waals surface area contributed by atoms with Crippen molar-refractivity contribution in [3.8, 4) is 5.75 Å². The third kappa shape index (κ3) is 4.49. The number of carbonyl (C=O) groups is 2. The van der Waals surface area contributed by atoms with Crippen LogP contribution >= 0.6 is 0 Å². The van der Waals surface area contributed by atoms with Crippen molar-refractivity contribution in [1.82, 2.24) is 9.80 Å². The molecule has 2 aliphatic heterocycles. The van der Waals surface area contributed by atoms with E-state index in [1.54, 1.807) is 17.0 Å². The molecule has 1 aromatic carbocycles. The number of piperidine rings is 1. The Kier molecular flexibility index (Phi) is 5.55. The number of aromatic carboxylic acids is 1. The topological polar surface area (TPSA) is 90.3 Å². The molecule has 0 bridgehead atoms. The molecule has 2 heterocycles. The second-order valence-electron chi connectivity index (χ2n) is 6.69. The molecule has 7 nitrogen and oxygen atoms in total. The molecular weight excluding hydrogens is 324 g/mol. The number of benzene rings is 1. The summed E-state index contributed by atoms with van der Waals surface area (Å²) < 4.78 is 5.73. The Hall–Kier alpha value is -2.12. The molecule has 1 aromatic rings. The van der Waals surface area contributed by atoms with Crippen LogP contribution in [0.4, 0.5) is 0 Å². The highest BCUT2D eigenvalue weighted by Crippen LogP contribution is 2.21. The highest BCUT2D eigenvalue weighted by atomic mass is 16.5. The van der Waals surface area contributed by atoms with Crippen LogP contribution < -0.4 is 4.74 Å². The second kappa shape index (κ2) is 7.84. The first kappa shape index (κ1) is 17.7. The van der Waals surface area contributed by atoms with Crippen LogP contribution in [0, 0.1) is 0 Å². The van der Waals surface area contributed by atoms with E-state index in [1.807, 2.05) is 0 Å². The fourth-order valence-corrected chi connectivity index (χ4v) is 3.36. The maximum absolute atomic E-state index is 12.4. The number of aliphatic hydroxyl groups is 1. The number of β-amino-alcohol motifs (C(OH)–C–C–N with tert-alkyl or cyclic N) is 1. The molecule has 0 aromatic heterocycles. The standard InChI is InChI=1S/C18H24N2O5/c21-15-10-20(17(22)12-19-7-2-1-3-8-19)11-16(15)25-14-6-4-5-13(9-14)18(23)24/h4-6,9,15-16,21H,1-3,7-8,10-12H2,(H,23,24)/t15-,16-/m1/s1. The van der Waals surface area contributed by atoms with Crippen LogP contribution in [-0.2, 0) is 4.79 Å². The minimum Gasteiger partial charge on any atom is -0.486 e. The Bertz CT molecular complexity index is 630. The lowest BCUT2D eigenvalue weighted by Gasteiger charge is -2.27. The van der Waals surface area contributed by atoms with Crippen LogP contribution in [0.25, 0.3) is 0 Å². The molecule has 25 heavy (non-hydrogen) atoms. The van der Waals surface area contributed by atoms with Crippen molar-refractivity contribution in [2.75, 3.05) is 32.7 Å². The van der Waals surface area contributed by atoms with Crippen molar-refractivity contribution >= 4 is 11.9 Å². The summed E-state index contributed by atoms with van der Waals surface area (Å²) in [6.45, 7) is 2.84. The molecule has 2 saturated heterocycles. The summed E-state index contributed by atoms with van der Waals surface area (Å²) in [5.41, 5.74) is 0.128. The number of carboxylic acids is 1. The maximum Gasteiger partial charge on any atom is 0.335 e. The van der Waals surface area contributed by atoms with Crippen molar-refractivity contribution in [2.24, 2.45) is 0 Å². The summed E-state index contributed by atoms with van der Waals surface area (Å²) in [6, 6.07) is 6.15. The lowest BCUT2D eigenvalue weighted by Crippen LogP contribution is -2.42. The van der Waals surface area contributed by atoms with E-state index in [1.165, 1.54) is 18.6 Å². The number of rotatable bonds is 5. The first-order chi connectivity index (χ1) is 12.0. The predicted octanol–water partition coefficient (Wildman–Crippen LogP) is 0.821. The van der Waals surface area contributed by atoms with E-state index < -0.39 is 18.2 Å². The highest BCUT2D eigenvalue weighted by molar-refractivity contribution is 5.88. The third-order valence-electron chi connectivity index (χ3n) is 4.77. The number of nitrogens with zero attached hydrogens (tertiary/aromatic N) is 2. The Balaban J connectivity index is 1.56. The number of carboxylic acid groups (broad SMARTS) is 1. The van der Waals surface area contributed by atoms with Gasteiger partial charge in [-0.05, 0) is 44.1 Å². The molecule has 2 aliphatic rings. The van der Waals surface area contributed by atoms with Gasteiger partial charge in [0, 0.05) is 0 Å². The fraction of sp³-hybridized carbons (Fsp3) is 0.556. The van der Waals surface area contributed by atoms with Gasteiger partial charge in [0.15, 0.2) is 0 Å². The second-order valence-corrected chi connectivity index (χ2v) is 6.69. The summed E-state index contributed by atoms with van der Waals surface area (Å²) in [6.07, 6.45) is 2.15. The van der Waals surface area contributed by atoms with Crippen LogP contribution in [0.15, 0.2) is 24.3 Å². The molecule has 0 unspecified atom stereocenters. The van der Waals surface area contributed by atoms with E-state index in [4.69, 9.17) is 9.84 Å². The van der Waals surface area contributed by atoms with Gasteiger partial charge in [-0.25, -0.2) is 4.79 Å². The molecule has 1 amide bonds. The minimum atomic E-state index is -1.03. The van der Waals surface area contributed by atoms with Gasteiger partial charge in [0.05, 0.1) is 25.2 Å². The smallest absolute Gasteiger partial charge is 0.335 e. The van der Waals surface area contributed by atoms with Crippen molar-refractivity contribution < 1.29 is 24.5 Å². The highest BCUT2D eigenvalue weighted by Gasteiger charge is 2.36. The van der Waals surface area contributed by atoms with Gasteiger partial charge in [-0.15, -0.1) is 0 Å². The molecule has 0 aliphatic carbocycles. The number of aliphatic hydroxyl groups excluding tert-OH is 1. The first-order valence-electron chi connectivity index (χ1n) is 8.71. The lowest BCUT2D eigenvalue weighted by molar-refractivity contribution is -0.132. The summed E-state index contributed by atoms with van der Waals surface area (Å²) in [5.74, 6) is -0.642. The molecule has 2 fully saturated rings. The van der Waals surface area contributed by atoms with Crippen molar-refractivity contribution in [3.63, 3.8) is 0 Å². The average molecular weight is 348 g/mol. The number of ether oxygens (including phenoxy) is 1. The van der Waals surface area contributed by atoms with Crippen LogP contribution in [0.1, 0.15) is 29.6 Å². The molecule has 2 atom stereocenters. The van der Waals surface area contributed by atoms with Gasteiger partial charge in [0.25, 0.3) is 0 Å². The number of hydrogen-bond acceptors (Lipinski definition) is 5. The van der Waals surface area contributed by atoms with Crippen LogP contribution in [0.5, 0.6) is 5.75 Å². The molecule has 136 valence electrons. The Morgan fingerprint density at radius 1 is 1.16 bits per heavy atom. The Morgan fingerprint density at radius 2 is 1.92 bits per heavy atom. The van der Waals surface area contributed by atoms with E-state index in [9.17, 15) is 14.7 Å². The summed E-state index contributed by atoms with van der Waals surface area (Å²) in [5, 5.41) is 19.2. The van der Waals surface area contributed by atoms with Gasteiger partial charge in [0.1, 0.15) is 18.0 Å². The van der Waals surface area contributed by atoms with Gasteiger partial charge in [-0.2, -0.15) is 0 Å². The molecule has 2 N–H and O–H groups in total. The van der Waals surface area contributed by atoms with Gasteiger partial charge in [-0.1, -0.05) is 12.5 Å². The summed E-state index contributed by atoms with van der Waals surface area (Å²) in [4.78, 5) is 27.2. The van der Waals surface area contributed by atoms with E-state index in [-0.39, 0.29) is 18.0 Å². The molecule has 0 saturated carbocycles. The average Bonchev–Trinajstić information content (AvgIpc) is 2.97. The maximum atomic E-state index is 12.4. The van der Waals surface area contributed by atoms with Gasteiger partial charge in [0.2, 0.25) is 5.91 Å². The van der Waals surface area contributed by atoms with E-state index in [2.05, 4.69) is 4.90 Å². The quantitative estimate of drug-likeness (QED) is 0.819. The van der Waals surface area contributed by atoms with Gasteiger partial charge in [-0.3, -0.25) is 9.69 Å². The Labute approximate surface area is 146 Å². The van der Waals surface area contributed by atoms with Crippen molar-refractivity contribution in [3.05, 3.63) is 29.8 Å². The SMILES string of the molecule is O=C(O)c1cccc(O[C@@H]2CN(C(=O)CN3CCCCC3)C[C@H]2O)c1. The monoisotopic (exact) mass is 348 g/mol. The zero-order valence-corrected chi connectivity index (χ0v) is 14.1. The zero-order chi connectivity index (χ0) is 17.8. The van der Waals surface area contributed by atoms with Crippen molar-refractivity contribution in [1.29, 1.82) is 0 Å². The van der Waals surface area contributed by atoms with Crippen LogP contribution in [-0.4, -0.2) is 76.8 Å². The largest absolute Gasteiger partial charge is 0.486 e. The third-order valence-corrected chi connectivity index (χ3v) is 4.77. The number of hydrogen-bond donors (Lipinski definition) is 2. The normalized spacial score (nSPS) is 24.3. The molecular formula is C18H24N2O5. The molecule has 0 radical (unpaired) electrons. The Morgan fingerprint density at radius 3 is 2.64 bits per heavy atom. The summed E-state index contributed by atoms with van der Waals surface area (Å²) >= 11 is 0. The number of likely N-dealkylation sites (tertiary alicyclic amines) is 2. The first-order valence-corrected chi connectivity index (χ1v) is 8.71. The van der Waals surface area contributed by atoms with Crippen LogP contribution in [0.3, 0.4) is 0 Å². The zero-order valence-electron chi connectivity index (χ0n) is 14.1. The molecule has 0 spiro atoms. The van der Waals surface area contributed by atoms with Crippen LogP contribution in [0.2, 0.25) is 0 Å².